The lowest BCUT2D eigenvalue weighted by Crippen LogP contribution is -2.43. The van der Waals surface area contributed by atoms with Crippen LogP contribution in [0.15, 0.2) is 23.4 Å². The van der Waals surface area contributed by atoms with E-state index in [1.165, 1.54) is 16.7 Å². The third-order valence-electron chi connectivity index (χ3n) is 3.27. The summed E-state index contributed by atoms with van der Waals surface area (Å²) in [5.41, 5.74) is 0.500. The molecule has 21 heavy (non-hydrogen) atoms. The van der Waals surface area contributed by atoms with Crippen molar-refractivity contribution in [2.45, 2.75) is 18.2 Å². The van der Waals surface area contributed by atoms with Crippen molar-refractivity contribution >= 4 is 25.5 Å². The normalized spacial score (nSPS) is 19.3. The summed E-state index contributed by atoms with van der Waals surface area (Å²) in [6.45, 7) is 2.62. The number of anilines is 1. The van der Waals surface area contributed by atoms with E-state index in [0.717, 1.165) is 6.42 Å². The molecule has 2 rings (SSSR count). The fraction of sp³-hybridized carbons (Fsp3) is 0.583. The molecule has 0 saturated carbocycles. The number of rotatable bonds is 5. The molecule has 1 saturated heterocycles. The first kappa shape index (κ1) is 16.2. The zero-order valence-electron chi connectivity index (χ0n) is 11.8. The molecule has 2 heterocycles. The van der Waals surface area contributed by atoms with Crippen LogP contribution >= 0.6 is 0 Å². The van der Waals surface area contributed by atoms with Crippen LogP contribution in [0.5, 0.6) is 0 Å². The highest BCUT2D eigenvalue weighted by atomic mass is 32.2. The molecular formula is C12H19N3O4S2. The Labute approximate surface area is 125 Å². The van der Waals surface area contributed by atoms with Gasteiger partial charge in [0, 0.05) is 32.0 Å². The lowest BCUT2D eigenvalue weighted by Gasteiger charge is -2.26. The van der Waals surface area contributed by atoms with Gasteiger partial charge < -0.3 is 5.32 Å². The van der Waals surface area contributed by atoms with E-state index in [1.54, 1.807) is 6.07 Å². The Morgan fingerprint density at radius 3 is 2.62 bits per heavy atom. The van der Waals surface area contributed by atoms with Crippen molar-refractivity contribution < 1.29 is 16.8 Å². The first-order valence-corrected chi connectivity index (χ1v) is 10.0. The predicted molar refractivity (Wildman–Crippen MR) is 80.4 cm³/mol. The van der Waals surface area contributed by atoms with E-state index in [0.29, 0.717) is 12.2 Å². The van der Waals surface area contributed by atoms with Gasteiger partial charge in [0.2, 0.25) is 10.0 Å². The molecule has 0 unspecified atom stereocenters. The zero-order valence-corrected chi connectivity index (χ0v) is 13.5. The van der Waals surface area contributed by atoms with Gasteiger partial charge in [-0.25, -0.2) is 16.8 Å². The Bertz CT molecular complexity index is 687. The zero-order chi connectivity index (χ0) is 15.5. The molecule has 1 aliphatic rings. The second kappa shape index (κ2) is 6.29. The van der Waals surface area contributed by atoms with Crippen LogP contribution in [-0.4, -0.2) is 57.3 Å². The molecule has 0 bridgehead atoms. The van der Waals surface area contributed by atoms with Gasteiger partial charge in [0.25, 0.3) is 0 Å². The van der Waals surface area contributed by atoms with Gasteiger partial charge in [0.15, 0.2) is 9.84 Å². The van der Waals surface area contributed by atoms with Crippen molar-refractivity contribution in [2.75, 3.05) is 36.5 Å². The molecule has 1 fully saturated rings. The summed E-state index contributed by atoms with van der Waals surface area (Å²) in [5, 5.41) is 3.06. The predicted octanol–water partition coefficient (Wildman–Crippen LogP) is 0.323. The van der Waals surface area contributed by atoms with Crippen molar-refractivity contribution in [1.82, 2.24) is 9.29 Å². The Morgan fingerprint density at radius 2 is 2.00 bits per heavy atom. The topological polar surface area (TPSA) is 96.4 Å². The standard InChI is InChI=1S/C12H19N3O4S2/c1-2-4-14-11-3-5-13-10-12(11)21(18,19)15-6-8-20(16,17)9-7-15/h3,5,10H,2,4,6-9H2,1H3,(H,13,14). The van der Waals surface area contributed by atoms with Crippen LogP contribution < -0.4 is 5.32 Å². The quantitative estimate of drug-likeness (QED) is 0.834. The van der Waals surface area contributed by atoms with E-state index < -0.39 is 19.9 Å². The van der Waals surface area contributed by atoms with Crippen LogP contribution in [0.2, 0.25) is 0 Å². The summed E-state index contributed by atoms with van der Waals surface area (Å²) in [6, 6.07) is 1.61. The van der Waals surface area contributed by atoms with Gasteiger partial charge in [-0.15, -0.1) is 0 Å². The molecule has 0 aromatic carbocycles. The van der Waals surface area contributed by atoms with Crippen molar-refractivity contribution in [3.05, 3.63) is 18.5 Å². The van der Waals surface area contributed by atoms with Gasteiger partial charge in [-0.3, -0.25) is 4.98 Å². The van der Waals surface area contributed by atoms with E-state index in [4.69, 9.17) is 0 Å². The van der Waals surface area contributed by atoms with Gasteiger partial charge in [-0.05, 0) is 12.5 Å². The highest BCUT2D eigenvalue weighted by molar-refractivity contribution is 7.92. The third-order valence-corrected chi connectivity index (χ3v) is 6.81. The molecule has 9 heteroatoms. The van der Waals surface area contributed by atoms with Gasteiger partial charge >= 0.3 is 0 Å². The van der Waals surface area contributed by atoms with Crippen molar-refractivity contribution in [3.63, 3.8) is 0 Å². The van der Waals surface area contributed by atoms with Crippen LogP contribution in [0.3, 0.4) is 0 Å². The Morgan fingerprint density at radius 1 is 1.33 bits per heavy atom. The summed E-state index contributed by atoms with van der Waals surface area (Å²) >= 11 is 0. The highest BCUT2D eigenvalue weighted by Gasteiger charge is 2.32. The van der Waals surface area contributed by atoms with Gasteiger partial charge in [-0.1, -0.05) is 6.92 Å². The van der Waals surface area contributed by atoms with Gasteiger partial charge in [0.1, 0.15) is 4.90 Å². The van der Waals surface area contributed by atoms with Crippen LogP contribution in [0.4, 0.5) is 5.69 Å². The summed E-state index contributed by atoms with van der Waals surface area (Å²) < 4.78 is 49.3. The summed E-state index contributed by atoms with van der Waals surface area (Å²) in [7, 11) is -6.85. The van der Waals surface area contributed by atoms with E-state index in [2.05, 4.69) is 10.3 Å². The van der Waals surface area contributed by atoms with E-state index >= 15 is 0 Å². The minimum absolute atomic E-state index is 0.00716. The fourth-order valence-corrected chi connectivity index (χ4v) is 5.05. The Kier molecular flexibility index (Phi) is 4.84. The van der Waals surface area contributed by atoms with Crippen LogP contribution in [0, 0.1) is 0 Å². The fourth-order valence-electron chi connectivity index (χ4n) is 2.07. The minimum Gasteiger partial charge on any atom is -0.384 e. The monoisotopic (exact) mass is 333 g/mol. The largest absolute Gasteiger partial charge is 0.384 e. The van der Waals surface area contributed by atoms with E-state index in [1.807, 2.05) is 6.92 Å². The lowest BCUT2D eigenvalue weighted by atomic mass is 10.4. The molecule has 1 aliphatic heterocycles. The number of pyridine rings is 1. The van der Waals surface area contributed by atoms with E-state index in [-0.39, 0.29) is 29.5 Å². The molecule has 1 N–H and O–H groups in total. The molecule has 118 valence electrons. The summed E-state index contributed by atoms with van der Waals surface area (Å²) in [4.78, 5) is 3.97. The third kappa shape index (κ3) is 3.72. The van der Waals surface area contributed by atoms with Crippen molar-refractivity contribution in [2.24, 2.45) is 0 Å². The van der Waals surface area contributed by atoms with E-state index in [9.17, 15) is 16.8 Å². The van der Waals surface area contributed by atoms with Crippen LogP contribution in [0.1, 0.15) is 13.3 Å². The number of hydrogen-bond acceptors (Lipinski definition) is 6. The maximum absolute atomic E-state index is 12.6. The first-order valence-electron chi connectivity index (χ1n) is 6.75. The number of hydrogen-bond donors (Lipinski definition) is 1. The average molecular weight is 333 g/mol. The summed E-state index contributed by atoms with van der Waals surface area (Å²) in [6.07, 6.45) is 3.69. The van der Waals surface area contributed by atoms with Crippen LogP contribution in [0.25, 0.3) is 0 Å². The SMILES string of the molecule is CCCNc1ccncc1S(=O)(=O)N1CCS(=O)(=O)CC1. The van der Waals surface area contributed by atoms with Gasteiger partial charge in [0.05, 0.1) is 17.2 Å². The number of nitrogens with zero attached hydrogens (tertiary/aromatic N) is 2. The summed E-state index contributed by atoms with van der Waals surface area (Å²) in [5.74, 6) is -0.269. The average Bonchev–Trinajstić information content (AvgIpc) is 2.45. The maximum atomic E-state index is 12.6. The smallest absolute Gasteiger partial charge is 0.246 e. The lowest BCUT2D eigenvalue weighted by molar-refractivity contribution is 0.431. The second-order valence-electron chi connectivity index (χ2n) is 4.85. The molecule has 1 aromatic heterocycles. The number of nitrogens with one attached hydrogen (secondary N) is 1. The molecule has 0 spiro atoms. The molecule has 0 amide bonds. The Hall–Kier alpha value is -1.19. The van der Waals surface area contributed by atoms with Gasteiger partial charge in [-0.2, -0.15) is 4.31 Å². The van der Waals surface area contributed by atoms with Crippen molar-refractivity contribution in [3.8, 4) is 0 Å². The first-order chi connectivity index (χ1) is 9.87. The molecular weight excluding hydrogens is 314 g/mol. The maximum Gasteiger partial charge on any atom is 0.246 e. The number of aromatic nitrogens is 1. The Balaban J connectivity index is 2.28. The number of sulfonamides is 1. The molecule has 7 nitrogen and oxygen atoms in total. The second-order valence-corrected chi connectivity index (χ2v) is 9.06. The highest BCUT2D eigenvalue weighted by Crippen LogP contribution is 2.24. The van der Waals surface area contributed by atoms with Crippen LogP contribution in [-0.2, 0) is 19.9 Å². The van der Waals surface area contributed by atoms with Crippen molar-refractivity contribution in [1.29, 1.82) is 0 Å². The molecule has 0 aliphatic carbocycles. The molecule has 0 radical (unpaired) electrons. The molecule has 1 aromatic rings. The number of sulfone groups is 1. The minimum atomic E-state index is -3.73. The molecule has 0 atom stereocenters.